The van der Waals surface area contributed by atoms with E-state index in [1.165, 1.54) is 6.20 Å². The van der Waals surface area contributed by atoms with Crippen LogP contribution >= 0.6 is 0 Å². The number of carboxylic acid groups (broad SMARTS) is 1. The molecule has 104 valence electrons. The van der Waals surface area contributed by atoms with Gasteiger partial charge in [-0.15, -0.1) is 0 Å². The molecular formula is C13H18N2O4. The van der Waals surface area contributed by atoms with Crippen LogP contribution < -0.4 is 4.90 Å². The van der Waals surface area contributed by atoms with Gasteiger partial charge < -0.3 is 14.7 Å². The van der Waals surface area contributed by atoms with Gasteiger partial charge in [0, 0.05) is 12.7 Å². The zero-order valence-corrected chi connectivity index (χ0v) is 11.1. The SMILES string of the molecule is CCCN(CC(=O)O)c1ccc(C(=O)OCC)cn1. The quantitative estimate of drug-likeness (QED) is 0.754. The highest BCUT2D eigenvalue weighted by molar-refractivity contribution is 5.89. The van der Waals surface area contributed by atoms with Crippen LogP contribution in [0, 0.1) is 0 Å². The Bertz CT molecular complexity index is 431. The van der Waals surface area contributed by atoms with Crippen molar-refractivity contribution >= 4 is 17.8 Å². The molecule has 0 fully saturated rings. The van der Waals surface area contributed by atoms with E-state index in [4.69, 9.17) is 9.84 Å². The first-order chi connectivity index (χ1) is 9.08. The van der Waals surface area contributed by atoms with E-state index in [0.29, 0.717) is 24.5 Å². The lowest BCUT2D eigenvalue weighted by atomic mass is 10.2. The molecule has 0 unspecified atom stereocenters. The molecule has 1 aromatic heterocycles. The summed E-state index contributed by atoms with van der Waals surface area (Å²) in [6.07, 6.45) is 2.21. The molecule has 1 rings (SSSR count). The van der Waals surface area contributed by atoms with Crippen molar-refractivity contribution in [3.05, 3.63) is 23.9 Å². The lowest BCUT2D eigenvalue weighted by molar-refractivity contribution is -0.135. The minimum Gasteiger partial charge on any atom is -0.480 e. The highest BCUT2D eigenvalue weighted by Gasteiger charge is 2.12. The van der Waals surface area contributed by atoms with Gasteiger partial charge in [-0.2, -0.15) is 0 Å². The minimum atomic E-state index is -0.912. The molecule has 0 aliphatic heterocycles. The summed E-state index contributed by atoms with van der Waals surface area (Å²) in [5.41, 5.74) is 0.359. The van der Waals surface area contributed by atoms with Crippen molar-refractivity contribution < 1.29 is 19.4 Å². The third kappa shape index (κ3) is 4.57. The number of anilines is 1. The summed E-state index contributed by atoms with van der Waals surface area (Å²) in [5.74, 6) is -0.802. The highest BCUT2D eigenvalue weighted by atomic mass is 16.5. The number of carbonyl (C=O) groups excluding carboxylic acids is 1. The second-order valence-electron chi connectivity index (χ2n) is 3.94. The molecule has 0 aliphatic rings. The van der Waals surface area contributed by atoms with Crippen LogP contribution in [-0.2, 0) is 9.53 Å². The Morgan fingerprint density at radius 3 is 2.58 bits per heavy atom. The van der Waals surface area contributed by atoms with E-state index < -0.39 is 11.9 Å². The number of hydrogen-bond donors (Lipinski definition) is 1. The lowest BCUT2D eigenvalue weighted by Gasteiger charge is -2.20. The summed E-state index contributed by atoms with van der Waals surface area (Å²) in [5, 5.41) is 8.84. The number of esters is 1. The first kappa shape index (κ1) is 14.9. The van der Waals surface area contributed by atoms with Gasteiger partial charge in [-0.05, 0) is 25.5 Å². The third-order valence-corrected chi connectivity index (χ3v) is 2.40. The topological polar surface area (TPSA) is 79.7 Å². The monoisotopic (exact) mass is 266 g/mol. The van der Waals surface area contributed by atoms with Crippen molar-refractivity contribution in [2.75, 3.05) is 24.6 Å². The first-order valence-electron chi connectivity index (χ1n) is 6.18. The standard InChI is InChI=1S/C13H18N2O4/c1-3-7-15(9-12(16)17)11-6-5-10(8-14-11)13(18)19-4-2/h5-6,8H,3-4,7,9H2,1-2H3,(H,16,17). The van der Waals surface area contributed by atoms with Crippen LogP contribution in [-0.4, -0.2) is 41.7 Å². The van der Waals surface area contributed by atoms with Crippen LogP contribution in [0.4, 0.5) is 5.82 Å². The van der Waals surface area contributed by atoms with Crippen molar-refractivity contribution in [3.8, 4) is 0 Å². The van der Waals surface area contributed by atoms with Gasteiger partial charge in [-0.1, -0.05) is 6.92 Å². The van der Waals surface area contributed by atoms with Crippen LogP contribution in [0.1, 0.15) is 30.6 Å². The van der Waals surface area contributed by atoms with E-state index >= 15 is 0 Å². The van der Waals surface area contributed by atoms with E-state index in [-0.39, 0.29) is 6.54 Å². The molecule has 19 heavy (non-hydrogen) atoms. The highest BCUT2D eigenvalue weighted by Crippen LogP contribution is 2.12. The van der Waals surface area contributed by atoms with Gasteiger partial charge in [0.2, 0.25) is 0 Å². The number of pyridine rings is 1. The predicted octanol–water partition coefficient (Wildman–Crippen LogP) is 1.56. The Hall–Kier alpha value is -2.11. The second-order valence-corrected chi connectivity index (χ2v) is 3.94. The van der Waals surface area contributed by atoms with Gasteiger partial charge in [0.25, 0.3) is 0 Å². The minimum absolute atomic E-state index is 0.112. The van der Waals surface area contributed by atoms with E-state index in [2.05, 4.69) is 4.98 Å². The molecule has 0 saturated carbocycles. The number of aliphatic carboxylic acids is 1. The molecule has 6 heteroatoms. The largest absolute Gasteiger partial charge is 0.480 e. The molecule has 0 bridgehead atoms. The molecule has 0 spiro atoms. The van der Waals surface area contributed by atoms with Crippen molar-refractivity contribution in [1.82, 2.24) is 4.98 Å². The number of carboxylic acids is 1. The number of aromatic nitrogens is 1. The van der Waals surface area contributed by atoms with E-state index in [1.54, 1.807) is 24.0 Å². The molecule has 0 saturated heterocycles. The Morgan fingerprint density at radius 1 is 1.37 bits per heavy atom. The smallest absolute Gasteiger partial charge is 0.339 e. The molecule has 0 aromatic carbocycles. The summed E-state index contributed by atoms with van der Waals surface area (Å²) < 4.78 is 4.85. The number of hydrogen-bond acceptors (Lipinski definition) is 5. The van der Waals surface area contributed by atoms with Crippen molar-refractivity contribution in [3.63, 3.8) is 0 Å². The first-order valence-corrected chi connectivity index (χ1v) is 6.18. The summed E-state index contributed by atoms with van der Waals surface area (Å²) >= 11 is 0. The van der Waals surface area contributed by atoms with Crippen molar-refractivity contribution in [1.29, 1.82) is 0 Å². The zero-order valence-electron chi connectivity index (χ0n) is 11.1. The molecule has 1 N–H and O–H groups in total. The van der Waals surface area contributed by atoms with Crippen molar-refractivity contribution in [2.45, 2.75) is 20.3 Å². The van der Waals surface area contributed by atoms with E-state index in [0.717, 1.165) is 6.42 Å². The zero-order chi connectivity index (χ0) is 14.3. The van der Waals surface area contributed by atoms with Crippen molar-refractivity contribution in [2.24, 2.45) is 0 Å². The predicted molar refractivity (Wildman–Crippen MR) is 70.3 cm³/mol. The number of nitrogens with zero attached hydrogens (tertiary/aromatic N) is 2. The fraction of sp³-hybridized carbons (Fsp3) is 0.462. The van der Waals surface area contributed by atoms with E-state index in [1.807, 2.05) is 6.92 Å². The van der Waals surface area contributed by atoms with Crippen LogP contribution in [0.25, 0.3) is 0 Å². The maximum Gasteiger partial charge on any atom is 0.339 e. The number of carbonyl (C=O) groups is 2. The normalized spacial score (nSPS) is 10.0. The van der Waals surface area contributed by atoms with E-state index in [9.17, 15) is 9.59 Å². The maximum absolute atomic E-state index is 11.5. The molecule has 0 radical (unpaired) electrons. The Morgan fingerprint density at radius 2 is 2.11 bits per heavy atom. The van der Waals surface area contributed by atoms with Crippen LogP contribution in [0.5, 0.6) is 0 Å². The average Bonchev–Trinajstić information content (AvgIpc) is 2.38. The van der Waals surface area contributed by atoms with Gasteiger partial charge in [0.1, 0.15) is 12.4 Å². The van der Waals surface area contributed by atoms with Gasteiger partial charge >= 0.3 is 11.9 Å². The summed E-state index contributed by atoms with van der Waals surface area (Å²) in [6, 6.07) is 3.22. The third-order valence-electron chi connectivity index (χ3n) is 2.40. The number of ether oxygens (including phenoxy) is 1. The van der Waals surface area contributed by atoms with Gasteiger partial charge in [-0.25, -0.2) is 9.78 Å². The average molecular weight is 266 g/mol. The molecule has 1 aromatic rings. The summed E-state index contributed by atoms with van der Waals surface area (Å²) in [4.78, 5) is 28.0. The fourth-order valence-corrected chi connectivity index (χ4v) is 1.62. The summed E-state index contributed by atoms with van der Waals surface area (Å²) in [6.45, 7) is 4.48. The molecule has 0 aliphatic carbocycles. The van der Waals surface area contributed by atoms with Crippen LogP contribution in [0.3, 0.4) is 0 Å². The number of rotatable bonds is 7. The lowest BCUT2D eigenvalue weighted by Crippen LogP contribution is -2.31. The maximum atomic E-state index is 11.5. The van der Waals surface area contributed by atoms with Gasteiger partial charge in [0.05, 0.1) is 12.2 Å². The molecular weight excluding hydrogens is 248 g/mol. The molecule has 1 heterocycles. The second kappa shape index (κ2) is 7.35. The van der Waals surface area contributed by atoms with Crippen LogP contribution in [0.15, 0.2) is 18.3 Å². The molecule has 6 nitrogen and oxygen atoms in total. The fourth-order valence-electron chi connectivity index (χ4n) is 1.62. The summed E-state index contributed by atoms with van der Waals surface area (Å²) in [7, 11) is 0. The Labute approximate surface area is 112 Å². The Balaban J connectivity index is 2.82. The molecule has 0 atom stereocenters. The Kier molecular flexibility index (Phi) is 5.78. The van der Waals surface area contributed by atoms with Gasteiger partial charge in [-0.3, -0.25) is 4.79 Å². The van der Waals surface area contributed by atoms with Crippen LogP contribution in [0.2, 0.25) is 0 Å². The molecule has 0 amide bonds. The van der Waals surface area contributed by atoms with Gasteiger partial charge in [0.15, 0.2) is 0 Å².